The number of hydrogen-bond acceptors (Lipinski definition) is 6. The Kier molecular flexibility index (Phi) is 5.45. The summed E-state index contributed by atoms with van der Waals surface area (Å²) in [5.41, 5.74) is 1.28. The van der Waals surface area contributed by atoms with E-state index < -0.39 is 0 Å². The lowest BCUT2D eigenvalue weighted by Crippen LogP contribution is -2.15. The first-order valence-electron chi connectivity index (χ1n) is 8.89. The molecule has 2 N–H and O–H groups in total. The minimum Gasteiger partial charge on any atom is -0.326 e. The molecule has 0 saturated heterocycles. The maximum Gasteiger partial charge on any atom is 0.234 e. The number of nitrogens with one attached hydrogen (secondary N) is 2. The Morgan fingerprint density at radius 2 is 1.96 bits per heavy atom. The summed E-state index contributed by atoms with van der Waals surface area (Å²) < 4.78 is 2.15. The Morgan fingerprint density at radius 1 is 1.18 bits per heavy atom. The highest BCUT2D eigenvalue weighted by Crippen LogP contribution is 2.41. The van der Waals surface area contributed by atoms with E-state index in [2.05, 4.69) is 25.4 Å². The largest absolute Gasteiger partial charge is 0.326 e. The van der Waals surface area contributed by atoms with Gasteiger partial charge < -0.3 is 10.6 Å². The van der Waals surface area contributed by atoms with Gasteiger partial charge in [-0.2, -0.15) is 0 Å². The lowest BCUT2D eigenvalue weighted by atomic mass is 10.2. The van der Waals surface area contributed by atoms with E-state index in [1.807, 2.05) is 17.5 Å². The number of thiophene rings is 1. The number of thioether (sulfide) groups is 1. The van der Waals surface area contributed by atoms with Gasteiger partial charge in [0.15, 0.2) is 11.0 Å². The van der Waals surface area contributed by atoms with Crippen molar-refractivity contribution >= 4 is 46.3 Å². The molecular formula is C19H19N5O2S2. The van der Waals surface area contributed by atoms with Gasteiger partial charge in [0.25, 0.3) is 0 Å². The van der Waals surface area contributed by atoms with E-state index in [0.717, 1.165) is 28.7 Å². The third-order valence-electron chi connectivity index (χ3n) is 4.12. The Bertz CT molecular complexity index is 996. The molecule has 9 heteroatoms. The number of rotatable bonds is 7. The van der Waals surface area contributed by atoms with Crippen molar-refractivity contribution in [2.24, 2.45) is 0 Å². The smallest absolute Gasteiger partial charge is 0.234 e. The van der Waals surface area contributed by atoms with Crippen molar-refractivity contribution in [1.29, 1.82) is 0 Å². The minimum atomic E-state index is -0.153. The first kappa shape index (κ1) is 18.7. The van der Waals surface area contributed by atoms with E-state index >= 15 is 0 Å². The average molecular weight is 414 g/mol. The van der Waals surface area contributed by atoms with Crippen molar-refractivity contribution in [2.75, 3.05) is 16.4 Å². The molecule has 1 aliphatic carbocycles. The van der Waals surface area contributed by atoms with E-state index in [1.54, 1.807) is 35.6 Å². The molecule has 1 aliphatic rings. The molecule has 4 rings (SSSR count). The quantitative estimate of drug-likeness (QED) is 0.571. The van der Waals surface area contributed by atoms with Gasteiger partial charge in [0, 0.05) is 24.3 Å². The lowest BCUT2D eigenvalue weighted by Gasteiger charge is -2.09. The molecule has 2 heterocycles. The van der Waals surface area contributed by atoms with E-state index in [1.165, 1.54) is 18.7 Å². The van der Waals surface area contributed by atoms with Crippen LogP contribution in [0.5, 0.6) is 0 Å². The number of hydrogen-bond donors (Lipinski definition) is 2. The number of aromatic nitrogens is 3. The van der Waals surface area contributed by atoms with Crippen LogP contribution in [-0.4, -0.2) is 32.3 Å². The average Bonchev–Trinajstić information content (AvgIpc) is 3.17. The third-order valence-corrected chi connectivity index (χ3v) is 5.93. The molecular weight excluding hydrogens is 394 g/mol. The van der Waals surface area contributed by atoms with Gasteiger partial charge in [0.1, 0.15) is 0 Å². The van der Waals surface area contributed by atoms with Crippen LogP contribution in [0.3, 0.4) is 0 Å². The molecule has 1 aromatic carbocycles. The van der Waals surface area contributed by atoms with Crippen molar-refractivity contribution in [3.63, 3.8) is 0 Å². The molecule has 0 unspecified atom stereocenters. The Morgan fingerprint density at radius 3 is 2.64 bits per heavy atom. The minimum absolute atomic E-state index is 0.131. The molecule has 0 bridgehead atoms. The van der Waals surface area contributed by atoms with E-state index in [9.17, 15) is 9.59 Å². The van der Waals surface area contributed by atoms with E-state index in [0.29, 0.717) is 17.4 Å². The second-order valence-electron chi connectivity index (χ2n) is 6.48. The van der Waals surface area contributed by atoms with E-state index in [-0.39, 0.29) is 17.6 Å². The highest BCUT2D eigenvalue weighted by molar-refractivity contribution is 7.99. The molecule has 2 aromatic heterocycles. The number of amides is 2. The molecule has 144 valence electrons. The monoisotopic (exact) mass is 413 g/mol. The van der Waals surface area contributed by atoms with Crippen LogP contribution >= 0.6 is 23.1 Å². The van der Waals surface area contributed by atoms with Crippen LogP contribution in [0.15, 0.2) is 46.9 Å². The standard InChI is InChI=1S/C19H19N5O2S2/c1-12(25)20-13-4-2-5-14(10-13)21-17(26)11-28-19-23-22-18(16-6-3-9-27-16)24(19)15-7-8-15/h2-6,9-10,15H,7-8,11H2,1H3,(H,20,25)(H,21,26). The van der Waals surface area contributed by atoms with Crippen LogP contribution in [-0.2, 0) is 9.59 Å². The predicted octanol–water partition coefficient (Wildman–Crippen LogP) is 4.03. The summed E-state index contributed by atoms with van der Waals surface area (Å²) in [5, 5.41) is 17.0. The summed E-state index contributed by atoms with van der Waals surface area (Å²) in [7, 11) is 0. The second-order valence-corrected chi connectivity index (χ2v) is 8.37. The van der Waals surface area contributed by atoms with Gasteiger partial charge >= 0.3 is 0 Å². The SMILES string of the molecule is CC(=O)Nc1cccc(NC(=O)CSc2nnc(-c3cccs3)n2C2CC2)c1. The van der Waals surface area contributed by atoms with Crippen molar-refractivity contribution in [3.05, 3.63) is 41.8 Å². The molecule has 0 atom stereocenters. The lowest BCUT2D eigenvalue weighted by molar-refractivity contribution is -0.114. The van der Waals surface area contributed by atoms with Gasteiger partial charge in [-0.05, 0) is 42.5 Å². The van der Waals surface area contributed by atoms with Gasteiger partial charge in [-0.1, -0.05) is 23.9 Å². The predicted molar refractivity (Wildman–Crippen MR) is 112 cm³/mol. The van der Waals surface area contributed by atoms with Crippen LogP contribution in [0.2, 0.25) is 0 Å². The summed E-state index contributed by atoms with van der Waals surface area (Å²) in [5.74, 6) is 0.830. The van der Waals surface area contributed by atoms with Crippen molar-refractivity contribution in [2.45, 2.75) is 31.0 Å². The summed E-state index contributed by atoms with van der Waals surface area (Å²) in [6.07, 6.45) is 2.23. The van der Waals surface area contributed by atoms with E-state index in [4.69, 9.17) is 0 Å². The van der Waals surface area contributed by atoms with Gasteiger partial charge in [0.2, 0.25) is 11.8 Å². The van der Waals surface area contributed by atoms with Crippen LogP contribution in [0.25, 0.3) is 10.7 Å². The fourth-order valence-corrected chi connectivity index (χ4v) is 4.33. The molecule has 28 heavy (non-hydrogen) atoms. The third kappa shape index (κ3) is 4.42. The summed E-state index contributed by atoms with van der Waals surface area (Å²) in [6.45, 7) is 1.45. The normalized spacial score (nSPS) is 13.3. The molecule has 0 spiro atoms. The van der Waals surface area contributed by atoms with Crippen LogP contribution < -0.4 is 10.6 Å². The first-order chi connectivity index (χ1) is 13.6. The van der Waals surface area contributed by atoms with Gasteiger partial charge in [-0.3, -0.25) is 14.2 Å². The molecule has 7 nitrogen and oxygen atoms in total. The topological polar surface area (TPSA) is 88.9 Å². The zero-order valence-corrected chi connectivity index (χ0v) is 16.8. The Labute approximate surface area is 170 Å². The first-order valence-corrected chi connectivity index (χ1v) is 10.8. The van der Waals surface area contributed by atoms with Gasteiger partial charge in [-0.25, -0.2) is 0 Å². The van der Waals surface area contributed by atoms with Gasteiger partial charge in [0.05, 0.1) is 10.6 Å². The molecule has 0 radical (unpaired) electrons. The number of benzene rings is 1. The van der Waals surface area contributed by atoms with Crippen molar-refractivity contribution in [3.8, 4) is 10.7 Å². The van der Waals surface area contributed by atoms with Crippen LogP contribution in [0.4, 0.5) is 11.4 Å². The summed E-state index contributed by atoms with van der Waals surface area (Å²) >= 11 is 3.03. The van der Waals surface area contributed by atoms with Crippen molar-refractivity contribution in [1.82, 2.24) is 14.8 Å². The molecule has 1 saturated carbocycles. The molecule has 1 fully saturated rings. The van der Waals surface area contributed by atoms with Crippen LogP contribution in [0, 0.1) is 0 Å². The van der Waals surface area contributed by atoms with Crippen molar-refractivity contribution < 1.29 is 9.59 Å². The molecule has 3 aromatic rings. The summed E-state index contributed by atoms with van der Waals surface area (Å²) in [4.78, 5) is 24.6. The number of nitrogens with zero attached hydrogens (tertiary/aromatic N) is 3. The Balaban J connectivity index is 1.41. The number of anilines is 2. The highest BCUT2D eigenvalue weighted by Gasteiger charge is 2.30. The zero-order valence-electron chi connectivity index (χ0n) is 15.2. The zero-order chi connectivity index (χ0) is 19.5. The fourth-order valence-electron chi connectivity index (χ4n) is 2.82. The molecule has 0 aliphatic heterocycles. The van der Waals surface area contributed by atoms with Gasteiger partial charge in [-0.15, -0.1) is 21.5 Å². The molecule has 2 amide bonds. The maximum atomic E-state index is 12.4. The maximum absolute atomic E-state index is 12.4. The Hall–Kier alpha value is -2.65. The number of carbonyl (C=O) groups excluding carboxylic acids is 2. The summed E-state index contributed by atoms with van der Waals surface area (Å²) in [6, 6.07) is 11.5. The second kappa shape index (κ2) is 8.15. The number of carbonyl (C=O) groups is 2. The highest BCUT2D eigenvalue weighted by atomic mass is 32.2. The fraction of sp³-hybridized carbons (Fsp3) is 0.263. The van der Waals surface area contributed by atoms with Crippen LogP contribution in [0.1, 0.15) is 25.8 Å².